The third kappa shape index (κ3) is 6.57. The number of hydrogen-bond acceptors (Lipinski definition) is 5. The Hall–Kier alpha value is -2.93. The SMILES string of the molecule is CC(C)Cc1ccc([C@H](C)NC(=O)COC(=O)c2ccc(Cl)cc2[N+](=O)[O-])cc1. The lowest BCUT2D eigenvalue weighted by Crippen LogP contribution is -2.31. The molecule has 2 aromatic rings. The van der Waals surface area contributed by atoms with E-state index in [0.717, 1.165) is 18.1 Å². The molecule has 0 aliphatic heterocycles. The van der Waals surface area contributed by atoms with Gasteiger partial charge in [0.1, 0.15) is 5.56 Å². The van der Waals surface area contributed by atoms with E-state index in [0.29, 0.717) is 5.92 Å². The Kier molecular flexibility index (Phi) is 7.73. The van der Waals surface area contributed by atoms with Crippen LogP contribution < -0.4 is 5.32 Å². The quantitative estimate of drug-likeness (QED) is 0.387. The molecule has 2 aromatic carbocycles. The third-order valence-corrected chi connectivity index (χ3v) is 4.45. The van der Waals surface area contributed by atoms with Crippen LogP contribution in [-0.4, -0.2) is 23.4 Å². The molecule has 8 heteroatoms. The van der Waals surface area contributed by atoms with Crippen molar-refractivity contribution in [1.29, 1.82) is 0 Å². The Morgan fingerprint density at radius 1 is 1.14 bits per heavy atom. The van der Waals surface area contributed by atoms with Gasteiger partial charge in [-0.3, -0.25) is 14.9 Å². The average Bonchev–Trinajstić information content (AvgIpc) is 2.66. The Labute approximate surface area is 174 Å². The molecule has 0 heterocycles. The molecule has 2 rings (SSSR count). The molecular weight excluding hydrogens is 396 g/mol. The summed E-state index contributed by atoms with van der Waals surface area (Å²) in [4.78, 5) is 34.6. The highest BCUT2D eigenvalue weighted by Crippen LogP contribution is 2.24. The molecule has 0 saturated carbocycles. The predicted molar refractivity (Wildman–Crippen MR) is 110 cm³/mol. The fraction of sp³-hybridized carbons (Fsp3) is 0.333. The molecule has 0 bridgehead atoms. The molecular formula is C21H23ClN2O5. The van der Waals surface area contributed by atoms with Gasteiger partial charge in [0.2, 0.25) is 0 Å². The molecule has 0 aromatic heterocycles. The van der Waals surface area contributed by atoms with Gasteiger partial charge in [-0.25, -0.2) is 4.79 Å². The zero-order chi connectivity index (χ0) is 21.6. The summed E-state index contributed by atoms with van der Waals surface area (Å²) in [6.07, 6.45) is 0.980. The summed E-state index contributed by atoms with van der Waals surface area (Å²) in [5.41, 5.74) is 1.41. The van der Waals surface area contributed by atoms with Crippen LogP contribution in [0.5, 0.6) is 0 Å². The molecule has 7 nitrogen and oxygen atoms in total. The highest BCUT2D eigenvalue weighted by atomic mass is 35.5. The number of ether oxygens (including phenoxy) is 1. The molecule has 0 radical (unpaired) electrons. The largest absolute Gasteiger partial charge is 0.452 e. The predicted octanol–water partition coefficient (Wildman–Crippen LogP) is 4.48. The van der Waals surface area contributed by atoms with E-state index in [4.69, 9.17) is 16.3 Å². The molecule has 154 valence electrons. The summed E-state index contributed by atoms with van der Waals surface area (Å²) in [6.45, 7) is 5.57. The number of benzene rings is 2. The maximum atomic E-state index is 12.1. The molecule has 29 heavy (non-hydrogen) atoms. The van der Waals surface area contributed by atoms with Gasteiger partial charge < -0.3 is 10.1 Å². The Morgan fingerprint density at radius 3 is 2.38 bits per heavy atom. The van der Waals surface area contributed by atoms with Gasteiger partial charge in [-0.2, -0.15) is 0 Å². The van der Waals surface area contributed by atoms with Crippen LogP contribution in [0.25, 0.3) is 0 Å². The number of amides is 1. The second kappa shape index (κ2) is 10.0. The molecule has 1 atom stereocenters. The lowest BCUT2D eigenvalue weighted by atomic mass is 10.00. The van der Waals surface area contributed by atoms with Gasteiger partial charge in [-0.05, 0) is 42.5 Å². The first kappa shape index (κ1) is 22.4. The fourth-order valence-electron chi connectivity index (χ4n) is 2.82. The van der Waals surface area contributed by atoms with E-state index in [9.17, 15) is 19.7 Å². The van der Waals surface area contributed by atoms with Crippen LogP contribution >= 0.6 is 11.6 Å². The van der Waals surface area contributed by atoms with Gasteiger partial charge in [0, 0.05) is 11.1 Å². The van der Waals surface area contributed by atoms with E-state index >= 15 is 0 Å². The van der Waals surface area contributed by atoms with E-state index in [2.05, 4.69) is 19.2 Å². The first-order chi connectivity index (χ1) is 13.7. The molecule has 0 aliphatic carbocycles. The minimum atomic E-state index is -0.964. The van der Waals surface area contributed by atoms with Gasteiger partial charge in [0.25, 0.3) is 11.6 Å². The number of nitro groups is 1. The summed E-state index contributed by atoms with van der Waals surface area (Å²) in [5, 5.41) is 13.9. The number of esters is 1. The maximum Gasteiger partial charge on any atom is 0.345 e. The van der Waals surface area contributed by atoms with E-state index in [1.54, 1.807) is 0 Å². The van der Waals surface area contributed by atoms with Gasteiger partial charge in [0.05, 0.1) is 11.0 Å². The number of nitro benzene ring substituents is 1. The number of halogens is 1. The molecule has 1 N–H and O–H groups in total. The smallest absolute Gasteiger partial charge is 0.345 e. The average molecular weight is 419 g/mol. The normalized spacial score (nSPS) is 11.8. The van der Waals surface area contributed by atoms with Crippen molar-refractivity contribution in [2.24, 2.45) is 5.92 Å². The standard InChI is InChI=1S/C21H23ClN2O5/c1-13(2)10-15-4-6-16(7-5-15)14(3)23-20(25)12-29-21(26)18-9-8-17(22)11-19(18)24(27)28/h4-9,11,13-14H,10,12H2,1-3H3,(H,23,25)/t14-/m0/s1. The van der Waals surface area contributed by atoms with Crippen molar-refractivity contribution in [3.05, 3.63) is 74.3 Å². The molecule has 0 aliphatic rings. The van der Waals surface area contributed by atoms with Crippen molar-refractivity contribution in [2.75, 3.05) is 6.61 Å². The minimum absolute atomic E-state index is 0.124. The lowest BCUT2D eigenvalue weighted by Gasteiger charge is -2.15. The van der Waals surface area contributed by atoms with Gasteiger partial charge in [0.15, 0.2) is 6.61 Å². The van der Waals surface area contributed by atoms with Crippen LogP contribution in [0.15, 0.2) is 42.5 Å². The molecule has 0 fully saturated rings. The molecule has 0 unspecified atom stereocenters. The minimum Gasteiger partial charge on any atom is -0.452 e. The first-order valence-electron chi connectivity index (χ1n) is 9.16. The van der Waals surface area contributed by atoms with Crippen molar-refractivity contribution in [1.82, 2.24) is 5.32 Å². The van der Waals surface area contributed by atoms with E-state index in [1.165, 1.54) is 17.7 Å². The van der Waals surface area contributed by atoms with Crippen LogP contribution in [0.4, 0.5) is 5.69 Å². The first-order valence-corrected chi connectivity index (χ1v) is 9.54. The Morgan fingerprint density at radius 2 is 1.79 bits per heavy atom. The zero-order valence-corrected chi connectivity index (χ0v) is 17.2. The zero-order valence-electron chi connectivity index (χ0n) is 16.5. The fourth-order valence-corrected chi connectivity index (χ4v) is 2.98. The van der Waals surface area contributed by atoms with Crippen molar-refractivity contribution in [3.63, 3.8) is 0 Å². The second-order valence-electron chi connectivity index (χ2n) is 7.12. The summed E-state index contributed by atoms with van der Waals surface area (Å²) in [6, 6.07) is 11.3. The second-order valence-corrected chi connectivity index (χ2v) is 7.56. The van der Waals surface area contributed by atoms with Gasteiger partial charge >= 0.3 is 5.97 Å². The summed E-state index contributed by atoms with van der Waals surface area (Å²) in [5.74, 6) is -0.910. The third-order valence-electron chi connectivity index (χ3n) is 4.21. The van der Waals surface area contributed by atoms with Gasteiger partial charge in [-0.1, -0.05) is 49.7 Å². The number of rotatable bonds is 8. The summed E-state index contributed by atoms with van der Waals surface area (Å²) < 4.78 is 4.92. The number of nitrogens with one attached hydrogen (secondary N) is 1. The van der Waals surface area contributed by atoms with Crippen LogP contribution in [0.1, 0.15) is 48.3 Å². The number of nitrogens with zero attached hydrogens (tertiary/aromatic N) is 1. The Balaban J connectivity index is 1.92. The van der Waals surface area contributed by atoms with Crippen molar-refractivity contribution in [3.8, 4) is 0 Å². The summed E-state index contributed by atoms with van der Waals surface area (Å²) >= 11 is 5.72. The molecule has 1 amide bonds. The van der Waals surface area contributed by atoms with Crippen molar-refractivity contribution < 1.29 is 19.2 Å². The maximum absolute atomic E-state index is 12.1. The van der Waals surface area contributed by atoms with E-state index in [1.807, 2.05) is 31.2 Å². The summed E-state index contributed by atoms with van der Waals surface area (Å²) in [7, 11) is 0. The molecule has 0 spiro atoms. The van der Waals surface area contributed by atoms with Crippen LogP contribution in [0, 0.1) is 16.0 Å². The Bertz CT molecular complexity index is 896. The van der Waals surface area contributed by atoms with Crippen molar-refractivity contribution in [2.45, 2.75) is 33.2 Å². The lowest BCUT2D eigenvalue weighted by molar-refractivity contribution is -0.385. The highest BCUT2D eigenvalue weighted by molar-refractivity contribution is 6.31. The number of carbonyl (C=O) groups excluding carboxylic acids is 2. The monoisotopic (exact) mass is 418 g/mol. The highest BCUT2D eigenvalue weighted by Gasteiger charge is 2.22. The van der Waals surface area contributed by atoms with Crippen molar-refractivity contribution >= 4 is 29.2 Å². The molecule has 0 saturated heterocycles. The van der Waals surface area contributed by atoms with E-state index in [-0.39, 0.29) is 16.6 Å². The number of hydrogen-bond donors (Lipinski definition) is 1. The topological polar surface area (TPSA) is 98.5 Å². The van der Waals surface area contributed by atoms with E-state index < -0.39 is 29.1 Å². The van der Waals surface area contributed by atoms with Gasteiger partial charge in [-0.15, -0.1) is 0 Å². The van der Waals surface area contributed by atoms with Crippen LogP contribution in [0.3, 0.4) is 0 Å². The number of carbonyl (C=O) groups is 2. The van der Waals surface area contributed by atoms with Crippen LogP contribution in [0.2, 0.25) is 5.02 Å². The van der Waals surface area contributed by atoms with Crippen LogP contribution in [-0.2, 0) is 16.0 Å².